The van der Waals surface area contributed by atoms with Gasteiger partial charge in [-0.25, -0.2) is 0 Å². The molecular weight excluding hydrogens is 469 g/mol. The highest BCUT2D eigenvalue weighted by Crippen LogP contribution is 2.31. The molecule has 0 heterocycles. The number of halogens is 4. The highest BCUT2D eigenvalue weighted by molar-refractivity contribution is 6.30. The lowest BCUT2D eigenvalue weighted by Crippen LogP contribution is -2.14. The van der Waals surface area contributed by atoms with Gasteiger partial charge in [0.2, 0.25) is 0 Å². The summed E-state index contributed by atoms with van der Waals surface area (Å²) in [6.07, 6.45) is -3.27. The van der Waals surface area contributed by atoms with Crippen molar-refractivity contribution in [1.29, 1.82) is 5.26 Å². The van der Waals surface area contributed by atoms with Crippen LogP contribution < -0.4 is 14.8 Å². The summed E-state index contributed by atoms with van der Waals surface area (Å²) in [6.45, 7) is 0.184. The fourth-order valence-corrected chi connectivity index (χ4v) is 3.03. The molecule has 0 saturated heterocycles. The Bertz CT molecular complexity index is 1250. The molecule has 5 nitrogen and oxygen atoms in total. The first-order chi connectivity index (χ1) is 16.2. The average molecular weight is 487 g/mol. The number of nitrogens with zero attached hydrogens (tertiary/aromatic N) is 1. The van der Waals surface area contributed by atoms with E-state index in [1.165, 1.54) is 25.3 Å². The van der Waals surface area contributed by atoms with Crippen LogP contribution in [0, 0.1) is 11.3 Å². The molecule has 3 aromatic carbocycles. The van der Waals surface area contributed by atoms with Gasteiger partial charge in [-0.15, -0.1) is 0 Å². The third kappa shape index (κ3) is 6.53. The Labute approximate surface area is 199 Å². The summed E-state index contributed by atoms with van der Waals surface area (Å²) in [5, 5.41) is 12.4. The Morgan fingerprint density at radius 1 is 1.12 bits per heavy atom. The van der Waals surface area contributed by atoms with Crippen molar-refractivity contribution >= 4 is 29.3 Å². The number of methoxy groups -OCH3 is 1. The van der Waals surface area contributed by atoms with Crippen molar-refractivity contribution in [2.24, 2.45) is 0 Å². The van der Waals surface area contributed by atoms with E-state index in [2.05, 4.69) is 5.32 Å². The molecule has 174 valence electrons. The maximum atomic E-state index is 12.9. The van der Waals surface area contributed by atoms with Crippen LogP contribution in [0.3, 0.4) is 0 Å². The van der Waals surface area contributed by atoms with Gasteiger partial charge in [0, 0.05) is 22.3 Å². The molecule has 34 heavy (non-hydrogen) atoms. The van der Waals surface area contributed by atoms with Crippen molar-refractivity contribution in [3.05, 3.63) is 94.0 Å². The number of carbonyl (C=O) groups excluding carboxylic acids is 1. The van der Waals surface area contributed by atoms with E-state index < -0.39 is 17.6 Å². The highest BCUT2D eigenvalue weighted by atomic mass is 35.5. The van der Waals surface area contributed by atoms with Crippen LogP contribution in [-0.4, -0.2) is 13.0 Å². The number of nitrogens with one attached hydrogen (secondary N) is 1. The molecule has 1 N–H and O–H groups in total. The Morgan fingerprint density at radius 3 is 2.50 bits per heavy atom. The average Bonchev–Trinajstić information content (AvgIpc) is 2.82. The molecule has 0 aliphatic heterocycles. The van der Waals surface area contributed by atoms with Crippen molar-refractivity contribution < 1.29 is 27.4 Å². The van der Waals surface area contributed by atoms with E-state index >= 15 is 0 Å². The van der Waals surface area contributed by atoms with Gasteiger partial charge in [-0.05, 0) is 54.1 Å². The minimum atomic E-state index is -4.56. The standard InChI is InChI=1S/C25H18ClF3N2O3/c1-33-22-10-7-17(23(13-22)34-15-16-5-8-20(26)9-6-16)11-18(14-30)24(32)31-21-4-2-3-19(12-21)25(27,28)29/h2-13H,15H2,1H3,(H,31,32)/b18-11+. The smallest absolute Gasteiger partial charge is 0.416 e. The van der Waals surface area contributed by atoms with Gasteiger partial charge in [0.05, 0.1) is 12.7 Å². The molecule has 0 fully saturated rings. The van der Waals surface area contributed by atoms with E-state index in [0.29, 0.717) is 22.1 Å². The second-order valence-electron chi connectivity index (χ2n) is 7.02. The highest BCUT2D eigenvalue weighted by Gasteiger charge is 2.30. The maximum Gasteiger partial charge on any atom is 0.416 e. The van der Waals surface area contributed by atoms with Crippen molar-refractivity contribution in [2.75, 3.05) is 12.4 Å². The lowest BCUT2D eigenvalue weighted by Gasteiger charge is -2.12. The fraction of sp³-hybridized carbons (Fsp3) is 0.120. The van der Waals surface area contributed by atoms with Gasteiger partial charge in [-0.1, -0.05) is 29.8 Å². The van der Waals surface area contributed by atoms with Crippen molar-refractivity contribution in [2.45, 2.75) is 12.8 Å². The van der Waals surface area contributed by atoms with Crippen molar-refractivity contribution in [3.63, 3.8) is 0 Å². The molecule has 0 unspecified atom stereocenters. The lowest BCUT2D eigenvalue weighted by atomic mass is 10.1. The summed E-state index contributed by atoms with van der Waals surface area (Å²) in [4.78, 5) is 12.6. The van der Waals surface area contributed by atoms with Gasteiger partial charge in [0.15, 0.2) is 0 Å². The maximum absolute atomic E-state index is 12.9. The van der Waals surface area contributed by atoms with Crippen LogP contribution in [0.15, 0.2) is 72.3 Å². The summed E-state index contributed by atoms with van der Waals surface area (Å²) in [7, 11) is 1.48. The fourth-order valence-electron chi connectivity index (χ4n) is 2.90. The molecule has 3 aromatic rings. The Kier molecular flexibility index (Phi) is 7.82. The first-order valence-corrected chi connectivity index (χ1v) is 10.2. The van der Waals surface area contributed by atoms with E-state index in [-0.39, 0.29) is 17.9 Å². The first-order valence-electron chi connectivity index (χ1n) is 9.85. The molecule has 3 rings (SSSR count). The number of carbonyl (C=O) groups is 1. The predicted octanol–water partition coefficient (Wildman–Crippen LogP) is 6.49. The van der Waals surface area contributed by atoms with Crippen LogP contribution >= 0.6 is 11.6 Å². The van der Waals surface area contributed by atoms with Gasteiger partial charge < -0.3 is 14.8 Å². The van der Waals surface area contributed by atoms with Crippen molar-refractivity contribution in [3.8, 4) is 17.6 Å². The topological polar surface area (TPSA) is 71.3 Å². The minimum Gasteiger partial charge on any atom is -0.497 e. The molecule has 0 bridgehead atoms. The number of hydrogen-bond acceptors (Lipinski definition) is 4. The molecule has 0 aliphatic carbocycles. The largest absolute Gasteiger partial charge is 0.497 e. The van der Waals surface area contributed by atoms with Gasteiger partial charge in [0.1, 0.15) is 29.7 Å². The van der Waals surface area contributed by atoms with Crippen LogP contribution in [0.1, 0.15) is 16.7 Å². The number of ether oxygens (including phenoxy) is 2. The predicted molar refractivity (Wildman–Crippen MR) is 122 cm³/mol. The molecule has 0 saturated carbocycles. The molecule has 0 spiro atoms. The number of nitriles is 1. The number of rotatable bonds is 7. The summed E-state index contributed by atoms with van der Waals surface area (Å²) in [5.41, 5.74) is -0.0786. The number of alkyl halides is 3. The van der Waals surface area contributed by atoms with Gasteiger partial charge in [-0.3, -0.25) is 4.79 Å². The number of amides is 1. The van der Waals surface area contributed by atoms with Crippen LogP contribution in [0.25, 0.3) is 6.08 Å². The second-order valence-corrected chi connectivity index (χ2v) is 7.46. The Balaban J connectivity index is 1.85. The molecule has 0 atom stereocenters. The van der Waals surface area contributed by atoms with Gasteiger partial charge in [-0.2, -0.15) is 18.4 Å². The van der Waals surface area contributed by atoms with Crippen LogP contribution in [0.4, 0.5) is 18.9 Å². The Morgan fingerprint density at radius 2 is 1.85 bits per heavy atom. The molecule has 1 amide bonds. The minimum absolute atomic E-state index is 0.0880. The zero-order valence-corrected chi connectivity index (χ0v) is 18.6. The van der Waals surface area contributed by atoms with E-state index in [9.17, 15) is 23.2 Å². The second kappa shape index (κ2) is 10.8. The normalized spacial score (nSPS) is 11.5. The number of anilines is 1. The molecule has 0 aromatic heterocycles. The molecule has 0 radical (unpaired) electrons. The SMILES string of the molecule is COc1ccc(/C=C(\C#N)C(=O)Nc2cccc(C(F)(F)F)c2)c(OCc2ccc(Cl)cc2)c1. The van der Waals surface area contributed by atoms with E-state index in [1.54, 1.807) is 48.5 Å². The van der Waals surface area contributed by atoms with E-state index in [1.807, 2.05) is 0 Å². The van der Waals surface area contributed by atoms with E-state index in [4.69, 9.17) is 21.1 Å². The van der Waals surface area contributed by atoms with Crippen LogP contribution in [0.2, 0.25) is 5.02 Å². The summed E-state index contributed by atoms with van der Waals surface area (Å²) in [6, 6.07) is 17.8. The van der Waals surface area contributed by atoms with E-state index in [0.717, 1.165) is 17.7 Å². The quantitative estimate of drug-likeness (QED) is 0.306. The summed E-state index contributed by atoms with van der Waals surface area (Å²) in [5.74, 6) is -0.0228. The van der Waals surface area contributed by atoms with Crippen molar-refractivity contribution in [1.82, 2.24) is 0 Å². The van der Waals surface area contributed by atoms with Crippen LogP contribution in [0.5, 0.6) is 11.5 Å². The molecular formula is C25H18ClF3N2O3. The summed E-state index contributed by atoms with van der Waals surface area (Å²) >= 11 is 5.90. The molecule has 9 heteroatoms. The number of hydrogen-bond donors (Lipinski definition) is 1. The summed E-state index contributed by atoms with van der Waals surface area (Å²) < 4.78 is 49.9. The van der Waals surface area contributed by atoms with Crippen LogP contribution in [-0.2, 0) is 17.6 Å². The monoisotopic (exact) mass is 486 g/mol. The third-order valence-corrected chi connectivity index (χ3v) is 4.89. The van der Waals surface area contributed by atoms with Gasteiger partial charge in [0.25, 0.3) is 5.91 Å². The number of benzene rings is 3. The lowest BCUT2D eigenvalue weighted by molar-refractivity contribution is -0.137. The zero-order valence-electron chi connectivity index (χ0n) is 17.8. The van der Waals surface area contributed by atoms with Gasteiger partial charge >= 0.3 is 6.18 Å². The Hall–Kier alpha value is -3.96. The zero-order chi connectivity index (χ0) is 24.7. The first kappa shape index (κ1) is 24.7. The third-order valence-electron chi connectivity index (χ3n) is 4.64. The molecule has 0 aliphatic rings.